The summed E-state index contributed by atoms with van der Waals surface area (Å²) < 4.78 is 35.0. The van der Waals surface area contributed by atoms with E-state index < -0.39 is 29.6 Å². The van der Waals surface area contributed by atoms with Crippen LogP contribution in [0, 0.1) is 29.6 Å². The van der Waals surface area contributed by atoms with Crippen LogP contribution in [0.15, 0.2) is 67.4 Å². The van der Waals surface area contributed by atoms with Gasteiger partial charge in [0.25, 0.3) is 0 Å². The molecule has 2 saturated carbocycles. The second-order valence-corrected chi connectivity index (χ2v) is 24.8. The number of pyridine rings is 4. The van der Waals surface area contributed by atoms with E-state index in [-0.39, 0.29) is 23.3 Å². The highest BCUT2D eigenvalue weighted by Crippen LogP contribution is 2.51. The molecule has 9 heterocycles. The number of H-pyrrole nitrogens is 1. The number of aryl methyl sites for hydroxylation is 1. The van der Waals surface area contributed by atoms with Gasteiger partial charge in [-0.15, -0.1) is 0 Å². The molecule has 3 atom stereocenters. The number of aromatic nitrogens is 8. The van der Waals surface area contributed by atoms with E-state index in [4.69, 9.17) is 90.3 Å². The lowest BCUT2D eigenvalue weighted by Gasteiger charge is -2.51. The molecule has 0 spiro atoms. The molecule has 0 amide bonds. The molecule has 2 aromatic carbocycles. The monoisotopic (exact) mass is 1190 g/mol. The van der Waals surface area contributed by atoms with Crippen LogP contribution in [0.4, 0.5) is 11.6 Å². The number of nitrogens with zero attached hydrogens (tertiary/aromatic N) is 11. The number of aromatic amines is 1. The minimum Gasteiger partial charge on any atom is -0.486 e. The molecule has 6 aromatic heterocycles. The van der Waals surface area contributed by atoms with Crippen molar-refractivity contribution in [2.45, 2.75) is 134 Å². The van der Waals surface area contributed by atoms with Crippen LogP contribution in [0.25, 0.3) is 55.4 Å². The summed E-state index contributed by atoms with van der Waals surface area (Å²) >= 11 is 26.9. The smallest absolute Gasteiger partial charge is 0.150 e. The molecule has 2 aliphatic carbocycles. The van der Waals surface area contributed by atoms with Crippen molar-refractivity contribution in [1.29, 1.82) is 10.5 Å². The Bertz CT molecular complexity index is 3920. The van der Waals surface area contributed by atoms with E-state index in [9.17, 15) is 10.5 Å². The van der Waals surface area contributed by atoms with Crippen LogP contribution in [0.5, 0.6) is 11.5 Å². The highest BCUT2D eigenvalue weighted by Gasteiger charge is 2.47. The quantitative estimate of drug-likeness (QED) is 0.0957. The second-order valence-electron chi connectivity index (χ2n) is 23.2. The van der Waals surface area contributed by atoms with E-state index in [0.717, 1.165) is 63.3 Å². The van der Waals surface area contributed by atoms with Gasteiger partial charge in [-0.1, -0.05) is 46.4 Å². The van der Waals surface area contributed by atoms with Gasteiger partial charge in [-0.25, -0.2) is 14.6 Å². The van der Waals surface area contributed by atoms with Crippen LogP contribution >= 0.6 is 46.4 Å². The Balaban J connectivity index is 1.03. The topological polar surface area (TPSA) is 198 Å². The van der Waals surface area contributed by atoms with Crippen molar-refractivity contribution in [3.63, 3.8) is 0 Å². The number of nitrogens with one attached hydrogen (secondary N) is 1. The molecule has 426 valence electrons. The summed E-state index contributed by atoms with van der Waals surface area (Å²) in [5, 5.41) is 40.5. The van der Waals surface area contributed by atoms with E-state index in [0.29, 0.717) is 143 Å². The van der Waals surface area contributed by atoms with Crippen molar-refractivity contribution >= 4 is 79.8 Å². The number of ether oxygens (including phenoxy) is 5. The maximum absolute atomic E-state index is 12.0. The molecule has 21 heteroatoms. The first-order valence-corrected chi connectivity index (χ1v) is 29.9. The molecule has 0 radical (unpaired) electrons. The number of rotatable bonds is 16. The van der Waals surface area contributed by atoms with Crippen molar-refractivity contribution in [2.24, 2.45) is 0 Å². The van der Waals surface area contributed by atoms with Crippen molar-refractivity contribution in [1.82, 2.24) is 39.9 Å². The Morgan fingerprint density at radius 1 is 0.663 bits per heavy atom. The highest BCUT2D eigenvalue weighted by molar-refractivity contribution is 6.36. The number of nitriles is 2. The summed E-state index contributed by atoms with van der Waals surface area (Å²) in [4.78, 5) is 23.0. The lowest BCUT2D eigenvalue weighted by Crippen LogP contribution is -2.63. The first-order valence-electron chi connectivity index (χ1n) is 28.4. The zero-order valence-corrected chi connectivity index (χ0v) is 49.6. The molecule has 13 rings (SSSR count). The summed E-state index contributed by atoms with van der Waals surface area (Å²) in [5.74, 6) is 1.90. The van der Waals surface area contributed by atoms with Crippen LogP contribution < -0.4 is 19.3 Å². The SMILES string of the molecule is Cc1ncc(Cl)c([C@@H](C)Oc2ccc3[nH]nc(-c4cnc(N5CC(C)(OC6CCC6)C5)c(C#N)c4-c4c(-c5nn([C@H]6CCCCO6)c6ccc(O[C@H](C)c7c(Cl)cncc7Cl)cc56)cnc(N5CC(C)(OC6CCC6)C5)c4C#N)c3c2)c1Cl. The van der Waals surface area contributed by atoms with E-state index in [1.165, 1.54) is 0 Å². The summed E-state index contributed by atoms with van der Waals surface area (Å²) in [6.45, 7) is 12.4. The first kappa shape index (κ1) is 55.4. The van der Waals surface area contributed by atoms with Gasteiger partial charge in [0.2, 0.25) is 0 Å². The molecular formula is C62H60Cl4N12O5. The van der Waals surface area contributed by atoms with Crippen LogP contribution in [0.3, 0.4) is 0 Å². The molecule has 1 N–H and O–H groups in total. The van der Waals surface area contributed by atoms with Crippen molar-refractivity contribution < 1.29 is 23.7 Å². The van der Waals surface area contributed by atoms with E-state index in [2.05, 4.69) is 50.9 Å². The van der Waals surface area contributed by atoms with Crippen molar-refractivity contribution in [3.8, 4) is 57.3 Å². The molecule has 3 aliphatic heterocycles. The minimum absolute atomic E-state index is 0.197. The average molecular weight is 1200 g/mol. The van der Waals surface area contributed by atoms with Crippen LogP contribution in [0.2, 0.25) is 20.1 Å². The number of halogens is 4. The fourth-order valence-electron chi connectivity index (χ4n) is 12.4. The summed E-state index contributed by atoms with van der Waals surface area (Å²) in [7, 11) is 0. The van der Waals surface area contributed by atoms with Crippen molar-refractivity contribution in [3.05, 3.63) is 115 Å². The number of anilines is 2. The maximum Gasteiger partial charge on any atom is 0.150 e. The van der Waals surface area contributed by atoms with Gasteiger partial charge in [-0.3, -0.25) is 15.1 Å². The van der Waals surface area contributed by atoms with Gasteiger partial charge in [0.15, 0.2) is 6.23 Å². The standard InChI is InChI=1S/C62H60Cl4N12O5/c1-33-56(66)53(48(65)28-70-33)35(3)81-38-15-17-49-40(20-38)57(74-73-49)44-24-71-59(76-29-61(4,30-76)82-36-10-8-11-36)42(22-67)54(44)55-43(23-68)60(77-31-62(5,32-77)83-37-12-9-13-37)72-25-45(55)58-41-21-39(80-34(2)52-46(63)26-69-27-47(52)64)16-18-50(41)78(75-58)51-14-6-7-19-79-51/h15-18,20-21,24-28,34-37,51H,6-14,19,29-32H2,1-5H3,(H,73,74)/t34-,35-,51-/m1/s1. The third-order valence-corrected chi connectivity index (χ3v) is 18.3. The van der Waals surface area contributed by atoms with Crippen LogP contribution in [-0.4, -0.2) is 96.1 Å². The second kappa shape index (κ2) is 22.0. The Morgan fingerprint density at radius 2 is 1.22 bits per heavy atom. The third kappa shape index (κ3) is 10.2. The normalized spacial score (nSPS) is 19.3. The van der Waals surface area contributed by atoms with E-state index in [1.807, 2.05) is 61.9 Å². The zero-order valence-electron chi connectivity index (χ0n) is 46.6. The maximum atomic E-state index is 12.0. The fourth-order valence-corrected chi connectivity index (χ4v) is 13.7. The lowest BCUT2D eigenvalue weighted by molar-refractivity contribution is -0.124. The average Bonchev–Trinajstić information content (AvgIpc) is 2.21. The molecule has 5 fully saturated rings. The predicted octanol–water partition coefficient (Wildman–Crippen LogP) is 14.4. The molecule has 0 unspecified atom stereocenters. The Labute approximate surface area is 500 Å². The van der Waals surface area contributed by atoms with E-state index in [1.54, 1.807) is 31.0 Å². The Hall–Kier alpha value is -6.80. The first-order chi connectivity index (χ1) is 40.1. The number of benzene rings is 2. The molecule has 0 bridgehead atoms. The van der Waals surface area contributed by atoms with Crippen LogP contribution in [-0.2, 0) is 14.2 Å². The molecule has 5 aliphatic rings. The summed E-state index contributed by atoms with van der Waals surface area (Å²) in [5.41, 5.74) is 5.61. The van der Waals surface area contributed by atoms with Gasteiger partial charge < -0.3 is 33.5 Å². The van der Waals surface area contributed by atoms with Gasteiger partial charge in [0.1, 0.15) is 81.2 Å². The number of fused-ring (bicyclic) bond motifs is 2. The summed E-state index contributed by atoms with van der Waals surface area (Å²) in [6, 6.07) is 16.7. The summed E-state index contributed by atoms with van der Waals surface area (Å²) in [6.07, 6.45) is 16.0. The lowest BCUT2D eigenvalue weighted by atomic mass is 9.85. The molecule has 83 heavy (non-hydrogen) atoms. The Kier molecular flexibility index (Phi) is 14.7. The zero-order chi connectivity index (χ0) is 57.5. The van der Waals surface area contributed by atoms with Gasteiger partial charge >= 0.3 is 0 Å². The van der Waals surface area contributed by atoms with Crippen LogP contribution in [0.1, 0.15) is 132 Å². The number of hydrogen-bond donors (Lipinski definition) is 1. The molecule has 3 saturated heterocycles. The minimum atomic E-state index is -0.584. The van der Waals surface area contributed by atoms with Gasteiger partial charge in [-0.05, 0) is 129 Å². The van der Waals surface area contributed by atoms with E-state index >= 15 is 0 Å². The molecule has 8 aromatic rings. The predicted molar refractivity (Wildman–Crippen MR) is 320 cm³/mol. The Morgan fingerprint density at radius 3 is 1.77 bits per heavy atom. The van der Waals surface area contributed by atoms with Gasteiger partial charge in [-0.2, -0.15) is 20.7 Å². The van der Waals surface area contributed by atoms with Gasteiger partial charge in [0.05, 0.1) is 75.2 Å². The number of hydrogen-bond acceptors (Lipinski definition) is 15. The van der Waals surface area contributed by atoms with Gasteiger partial charge in [0, 0.05) is 81.7 Å². The third-order valence-electron chi connectivity index (χ3n) is 17.0. The highest BCUT2D eigenvalue weighted by atomic mass is 35.5. The van der Waals surface area contributed by atoms with Crippen molar-refractivity contribution in [2.75, 3.05) is 42.6 Å². The molecular weight excluding hydrogens is 1130 g/mol. The fraction of sp³-hybridized carbons (Fsp3) is 0.419. The largest absolute Gasteiger partial charge is 0.486 e. The molecule has 17 nitrogen and oxygen atoms in total.